The van der Waals surface area contributed by atoms with E-state index in [-0.39, 0.29) is 0 Å². The van der Waals surface area contributed by atoms with Crippen molar-refractivity contribution < 1.29 is 0 Å². The van der Waals surface area contributed by atoms with Gasteiger partial charge in [0.05, 0.1) is 18.2 Å². The van der Waals surface area contributed by atoms with Gasteiger partial charge in [0.25, 0.3) is 0 Å². The number of nitrogen functional groups attached to an aromatic ring is 1. The van der Waals surface area contributed by atoms with Gasteiger partial charge in [0.1, 0.15) is 0 Å². The number of hydrogen-bond donors (Lipinski definition) is 1. The molecule has 1 aliphatic rings. The summed E-state index contributed by atoms with van der Waals surface area (Å²) in [5, 5.41) is 0. The van der Waals surface area contributed by atoms with Crippen molar-refractivity contribution in [3.05, 3.63) is 31.0 Å². The molecule has 0 spiro atoms. The van der Waals surface area contributed by atoms with Crippen LogP contribution in [0.1, 0.15) is 19.8 Å². The Morgan fingerprint density at radius 2 is 2.00 bits per heavy atom. The highest BCUT2D eigenvalue weighted by Crippen LogP contribution is 2.34. The van der Waals surface area contributed by atoms with E-state index in [2.05, 4.69) is 33.4 Å². The van der Waals surface area contributed by atoms with E-state index in [1.807, 2.05) is 24.8 Å². The van der Waals surface area contributed by atoms with Crippen LogP contribution in [0.25, 0.3) is 11.3 Å². The quantitative estimate of drug-likeness (QED) is 0.939. The molecule has 0 atom stereocenters. The Morgan fingerprint density at radius 3 is 2.71 bits per heavy atom. The van der Waals surface area contributed by atoms with Crippen LogP contribution in [0.2, 0.25) is 0 Å². The van der Waals surface area contributed by atoms with Crippen LogP contribution in [-0.2, 0) is 6.54 Å². The van der Waals surface area contributed by atoms with Crippen molar-refractivity contribution in [1.29, 1.82) is 0 Å². The van der Waals surface area contributed by atoms with Crippen molar-refractivity contribution in [1.82, 2.24) is 19.4 Å². The number of aromatic nitrogens is 3. The minimum absolute atomic E-state index is 0.318. The van der Waals surface area contributed by atoms with Gasteiger partial charge in [0.2, 0.25) is 0 Å². The molecule has 5 heteroatoms. The van der Waals surface area contributed by atoms with Crippen LogP contribution in [0.15, 0.2) is 31.0 Å². The number of likely N-dealkylation sites (tertiary alicyclic amines) is 1. The highest BCUT2D eigenvalue weighted by molar-refractivity contribution is 5.72. The maximum Gasteiger partial charge on any atom is 0.0951 e. The van der Waals surface area contributed by atoms with Gasteiger partial charge < -0.3 is 15.2 Å². The lowest BCUT2D eigenvalue weighted by molar-refractivity contribution is 0.121. The summed E-state index contributed by atoms with van der Waals surface area (Å²) in [5.41, 5.74) is 9.17. The van der Waals surface area contributed by atoms with E-state index >= 15 is 0 Å². The van der Waals surface area contributed by atoms with Crippen LogP contribution in [0.4, 0.5) is 5.69 Å². The van der Waals surface area contributed by atoms with Crippen LogP contribution >= 0.6 is 0 Å². The third-order valence-corrected chi connectivity index (χ3v) is 4.59. The second-order valence-electron chi connectivity index (χ2n) is 6.48. The second kappa shape index (κ2) is 5.48. The van der Waals surface area contributed by atoms with E-state index in [0.717, 1.165) is 36.6 Å². The molecular weight excluding hydrogens is 262 g/mol. The molecule has 0 unspecified atom stereocenters. The number of piperidine rings is 1. The van der Waals surface area contributed by atoms with Crippen LogP contribution < -0.4 is 5.73 Å². The zero-order chi connectivity index (χ0) is 14.9. The Bertz CT molecular complexity index is 611. The first kappa shape index (κ1) is 14.1. The van der Waals surface area contributed by atoms with Gasteiger partial charge in [-0.25, -0.2) is 4.98 Å². The number of hydrogen-bond acceptors (Lipinski definition) is 4. The third kappa shape index (κ3) is 2.93. The maximum absolute atomic E-state index is 6.08. The lowest BCUT2D eigenvalue weighted by Crippen LogP contribution is -2.38. The minimum atomic E-state index is 0.318. The summed E-state index contributed by atoms with van der Waals surface area (Å²) >= 11 is 0. The van der Waals surface area contributed by atoms with E-state index in [9.17, 15) is 0 Å². The average molecular weight is 285 g/mol. The Balaban J connectivity index is 1.85. The first-order valence-corrected chi connectivity index (χ1v) is 7.46. The zero-order valence-corrected chi connectivity index (χ0v) is 12.8. The van der Waals surface area contributed by atoms with Crippen molar-refractivity contribution in [3.63, 3.8) is 0 Å². The molecule has 0 radical (unpaired) electrons. The Labute approximate surface area is 125 Å². The highest BCUT2D eigenvalue weighted by Gasteiger charge is 2.30. The molecule has 3 rings (SSSR count). The van der Waals surface area contributed by atoms with E-state index in [4.69, 9.17) is 5.73 Å². The molecule has 112 valence electrons. The topological polar surface area (TPSA) is 60.0 Å². The molecule has 0 aliphatic carbocycles. The smallest absolute Gasteiger partial charge is 0.0951 e. The number of pyridine rings is 1. The lowest BCUT2D eigenvalue weighted by atomic mass is 9.80. The average Bonchev–Trinajstić information content (AvgIpc) is 2.91. The number of anilines is 1. The summed E-state index contributed by atoms with van der Waals surface area (Å²) in [7, 11) is 2.19. The van der Waals surface area contributed by atoms with Crippen molar-refractivity contribution in [3.8, 4) is 11.3 Å². The molecule has 2 N–H and O–H groups in total. The first-order chi connectivity index (χ1) is 10.1. The van der Waals surface area contributed by atoms with Gasteiger partial charge in [0.15, 0.2) is 0 Å². The summed E-state index contributed by atoms with van der Waals surface area (Å²) in [6.45, 7) is 5.67. The fraction of sp³-hybridized carbons (Fsp3) is 0.500. The summed E-state index contributed by atoms with van der Waals surface area (Å²) in [4.78, 5) is 10.9. The molecule has 5 nitrogen and oxygen atoms in total. The zero-order valence-electron chi connectivity index (χ0n) is 12.8. The summed E-state index contributed by atoms with van der Waals surface area (Å²) < 4.78 is 2.22. The van der Waals surface area contributed by atoms with E-state index in [1.54, 1.807) is 6.20 Å². The Kier molecular flexibility index (Phi) is 3.68. The normalized spacial score (nSPS) is 18.8. The maximum atomic E-state index is 6.08. The second-order valence-corrected chi connectivity index (χ2v) is 6.48. The van der Waals surface area contributed by atoms with Gasteiger partial charge in [-0.05, 0) is 44.5 Å². The lowest BCUT2D eigenvalue weighted by Gasteiger charge is -2.38. The molecule has 3 heterocycles. The molecule has 0 saturated carbocycles. The van der Waals surface area contributed by atoms with Gasteiger partial charge in [-0.2, -0.15) is 0 Å². The molecule has 21 heavy (non-hydrogen) atoms. The van der Waals surface area contributed by atoms with Crippen molar-refractivity contribution >= 4 is 5.69 Å². The van der Waals surface area contributed by atoms with Gasteiger partial charge in [-0.1, -0.05) is 6.92 Å². The highest BCUT2D eigenvalue weighted by atomic mass is 15.1. The monoisotopic (exact) mass is 285 g/mol. The van der Waals surface area contributed by atoms with E-state index in [1.165, 1.54) is 12.8 Å². The molecule has 1 saturated heterocycles. The molecule has 0 bridgehead atoms. The van der Waals surface area contributed by atoms with Gasteiger partial charge >= 0.3 is 0 Å². The molecule has 0 amide bonds. The molecule has 1 fully saturated rings. The largest absolute Gasteiger partial charge is 0.398 e. The molecule has 0 aromatic carbocycles. The van der Waals surface area contributed by atoms with Crippen molar-refractivity contribution in [2.75, 3.05) is 25.9 Å². The first-order valence-electron chi connectivity index (χ1n) is 7.46. The summed E-state index contributed by atoms with van der Waals surface area (Å²) in [5.74, 6) is 0. The van der Waals surface area contributed by atoms with Crippen LogP contribution in [0.5, 0.6) is 0 Å². The number of nitrogens with zero attached hydrogens (tertiary/aromatic N) is 4. The minimum Gasteiger partial charge on any atom is -0.398 e. The molecule has 1 aliphatic heterocycles. The van der Waals surface area contributed by atoms with Gasteiger partial charge in [0, 0.05) is 30.2 Å². The predicted octanol–water partition coefficient (Wildman–Crippen LogP) is 2.26. The molecule has 2 aromatic rings. The van der Waals surface area contributed by atoms with Crippen LogP contribution in [-0.4, -0.2) is 39.6 Å². The summed E-state index contributed by atoms with van der Waals surface area (Å²) in [6.07, 6.45) is 9.75. The van der Waals surface area contributed by atoms with Gasteiger partial charge in [-0.3, -0.25) is 4.98 Å². The van der Waals surface area contributed by atoms with Crippen molar-refractivity contribution in [2.24, 2.45) is 5.41 Å². The summed E-state index contributed by atoms with van der Waals surface area (Å²) in [6, 6.07) is 1.84. The van der Waals surface area contributed by atoms with Crippen LogP contribution in [0.3, 0.4) is 0 Å². The fourth-order valence-electron chi connectivity index (χ4n) is 3.02. The third-order valence-electron chi connectivity index (χ3n) is 4.59. The number of rotatable bonds is 3. The van der Waals surface area contributed by atoms with E-state index < -0.39 is 0 Å². The Hall–Kier alpha value is -1.88. The standard InChI is InChI=1S/C16H23N5/c1-16(4-7-20(2)8-5-16)11-21-12-19-10-15(21)13-9-18-6-3-14(13)17/h3,6,9-10,12H,4-5,7-8,11H2,1-2H3,(H2,17,18). The predicted molar refractivity (Wildman–Crippen MR) is 84.7 cm³/mol. The van der Waals surface area contributed by atoms with Crippen molar-refractivity contribution in [2.45, 2.75) is 26.3 Å². The van der Waals surface area contributed by atoms with Gasteiger partial charge in [-0.15, -0.1) is 0 Å². The number of nitrogens with two attached hydrogens (primary N) is 1. The molecular formula is C16H23N5. The van der Waals surface area contributed by atoms with Crippen LogP contribution in [0, 0.1) is 5.41 Å². The van der Waals surface area contributed by atoms with E-state index in [0.29, 0.717) is 5.41 Å². The Morgan fingerprint density at radius 1 is 1.24 bits per heavy atom. The SMILES string of the molecule is CN1CCC(C)(Cn2cncc2-c2cnccc2N)CC1. The molecule has 2 aromatic heterocycles. The number of imidazole rings is 1. The fourth-order valence-corrected chi connectivity index (χ4v) is 3.02.